The number of rotatable bonds is 3. The Morgan fingerprint density at radius 2 is 2.06 bits per heavy atom. The number of piperidine rings is 1. The van der Waals surface area contributed by atoms with E-state index in [1.807, 2.05) is 0 Å². The van der Waals surface area contributed by atoms with Gasteiger partial charge in [-0.3, -0.25) is 4.79 Å². The molecule has 0 spiro atoms. The van der Waals surface area contributed by atoms with Crippen LogP contribution in [0.2, 0.25) is 0 Å². The maximum absolute atomic E-state index is 13.4. The molecule has 4 heterocycles. The van der Waals surface area contributed by atoms with E-state index in [0.29, 0.717) is 46.6 Å². The third-order valence-electron chi connectivity index (χ3n) is 6.09. The van der Waals surface area contributed by atoms with Crippen LogP contribution in [0.5, 0.6) is 0 Å². The number of pyridine rings is 1. The smallest absolute Gasteiger partial charge is 0.337 e. The first-order chi connectivity index (χ1) is 15.7. The van der Waals surface area contributed by atoms with E-state index < -0.39 is 12.7 Å². The van der Waals surface area contributed by atoms with Crippen LogP contribution in [0.4, 0.5) is 13.2 Å². The van der Waals surface area contributed by atoms with Crippen LogP contribution >= 0.6 is 0 Å². The van der Waals surface area contributed by atoms with Gasteiger partial charge in [-0.1, -0.05) is 0 Å². The lowest BCUT2D eigenvalue weighted by atomic mass is 10.1. The van der Waals surface area contributed by atoms with Crippen molar-refractivity contribution >= 4 is 28.0 Å². The van der Waals surface area contributed by atoms with Gasteiger partial charge in [0.15, 0.2) is 5.82 Å². The number of carbonyl (C=O) groups excluding carboxylic acids is 1. The van der Waals surface area contributed by atoms with Crippen LogP contribution in [0.1, 0.15) is 23.2 Å². The van der Waals surface area contributed by atoms with E-state index in [0.717, 1.165) is 17.4 Å². The van der Waals surface area contributed by atoms with E-state index >= 15 is 0 Å². The van der Waals surface area contributed by atoms with Crippen molar-refractivity contribution < 1.29 is 18.0 Å². The number of carbonyl (C=O) groups is 1. The fraction of sp³-hybridized carbons (Fsp3) is 0.348. The summed E-state index contributed by atoms with van der Waals surface area (Å²) < 4.78 is 43.0. The van der Waals surface area contributed by atoms with Gasteiger partial charge in [-0.25, -0.2) is 9.97 Å². The highest BCUT2D eigenvalue weighted by Crippen LogP contribution is 2.32. The van der Waals surface area contributed by atoms with E-state index in [2.05, 4.69) is 9.97 Å². The molecule has 5 rings (SSSR count). The molecule has 1 atom stereocenters. The number of imidazole rings is 1. The zero-order valence-electron chi connectivity index (χ0n) is 18.0. The Bertz CT molecular complexity index is 1360. The minimum Gasteiger partial charge on any atom is -0.337 e. The fourth-order valence-corrected chi connectivity index (χ4v) is 4.55. The second-order valence-corrected chi connectivity index (χ2v) is 8.50. The maximum Gasteiger partial charge on any atom is 0.406 e. The van der Waals surface area contributed by atoms with Crippen molar-refractivity contribution in [1.29, 1.82) is 0 Å². The van der Waals surface area contributed by atoms with Crippen molar-refractivity contribution in [3.8, 4) is 11.5 Å². The monoisotopic (exact) mass is 456 g/mol. The number of alkyl halides is 3. The fourth-order valence-electron chi connectivity index (χ4n) is 4.55. The summed E-state index contributed by atoms with van der Waals surface area (Å²) in [4.78, 5) is 23.5. The summed E-state index contributed by atoms with van der Waals surface area (Å²) in [5, 5.41) is 0.598. The molecule has 1 amide bonds. The van der Waals surface area contributed by atoms with E-state index in [-0.39, 0.29) is 17.6 Å². The SMILES string of the molecule is Cn1c(-c2cc3cccnc3n2CC(F)(F)F)nc2cc(C(=O)N3CCCC(N)C3)ccc21. The molecule has 1 saturated heterocycles. The van der Waals surface area contributed by atoms with Crippen molar-refractivity contribution in [2.24, 2.45) is 12.8 Å². The van der Waals surface area contributed by atoms with Crippen molar-refractivity contribution in [2.45, 2.75) is 31.6 Å². The van der Waals surface area contributed by atoms with E-state index in [1.165, 1.54) is 6.20 Å². The standard InChI is InChI=1S/C23H23F3N6O/c1-30-18-7-6-15(22(33)31-9-3-5-16(27)12-31)10-17(18)29-21(30)19-11-14-4-2-8-28-20(14)32(19)13-23(24,25)26/h2,4,6-8,10-11,16H,3,5,9,12-13,27H2,1H3. The zero-order chi connectivity index (χ0) is 23.3. The lowest BCUT2D eigenvalue weighted by Crippen LogP contribution is -2.45. The van der Waals surface area contributed by atoms with Crippen LogP contribution in [0.15, 0.2) is 42.6 Å². The van der Waals surface area contributed by atoms with E-state index in [1.54, 1.807) is 52.9 Å². The predicted octanol–water partition coefficient (Wildman–Crippen LogP) is 3.72. The number of halogens is 3. The molecule has 0 saturated carbocycles. The highest BCUT2D eigenvalue weighted by Gasteiger charge is 2.31. The largest absolute Gasteiger partial charge is 0.406 e. The van der Waals surface area contributed by atoms with Gasteiger partial charge in [0.2, 0.25) is 0 Å². The van der Waals surface area contributed by atoms with Gasteiger partial charge < -0.3 is 19.8 Å². The molecule has 0 aliphatic carbocycles. The first-order valence-corrected chi connectivity index (χ1v) is 10.7. The number of nitrogens with zero attached hydrogens (tertiary/aromatic N) is 5. The second-order valence-electron chi connectivity index (χ2n) is 8.50. The predicted molar refractivity (Wildman–Crippen MR) is 119 cm³/mol. The van der Waals surface area contributed by atoms with Gasteiger partial charge in [0.05, 0.1) is 16.7 Å². The van der Waals surface area contributed by atoms with Crippen molar-refractivity contribution in [3.05, 3.63) is 48.2 Å². The van der Waals surface area contributed by atoms with Gasteiger partial charge in [-0.2, -0.15) is 13.2 Å². The van der Waals surface area contributed by atoms with Crippen LogP contribution in [0.25, 0.3) is 33.6 Å². The Kier molecular flexibility index (Phi) is 5.12. The Labute approximate surface area is 187 Å². The Balaban J connectivity index is 1.59. The summed E-state index contributed by atoms with van der Waals surface area (Å²) in [7, 11) is 1.75. The number of nitrogens with two attached hydrogens (primary N) is 1. The normalized spacial score (nSPS) is 17.2. The Morgan fingerprint density at radius 3 is 2.82 bits per heavy atom. The first kappa shape index (κ1) is 21.4. The van der Waals surface area contributed by atoms with Gasteiger partial charge >= 0.3 is 6.18 Å². The number of hydrogen-bond acceptors (Lipinski definition) is 4. The molecule has 1 aliphatic rings. The molecule has 0 bridgehead atoms. The lowest BCUT2D eigenvalue weighted by molar-refractivity contribution is -0.139. The summed E-state index contributed by atoms with van der Waals surface area (Å²) in [5.74, 6) is 0.256. The van der Waals surface area contributed by atoms with Gasteiger partial charge in [0.1, 0.15) is 12.2 Å². The number of amides is 1. The molecule has 1 aromatic carbocycles. The van der Waals surface area contributed by atoms with Gasteiger partial charge in [-0.15, -0.1) is 0 Å². The minimum atomic E-state index is -4.42. The van der Waals surface area contributed by atoms with Crippen LogP contribution in [-0.4, -0.2) is 55.2 Å². The number of aryl methyl sites for hydroxylation is 1. The minimum absolute atomic E-state index is 0.0305. The molecule has 10 heteroatoms. The van der Waals surface area contributed by atoms with E-state index in [4.69, 9.17) is 5.73 Å². The molecule has 172 valence electrons. The first-order valence-electron chi connectivity index (χ1n) is 10.7. The summed E-state index contributed by atoms with van der Waals surface area (Å²) in [6.07, 6.45) is -1.19. The summed E-state index contributed by atoms with van der Waals surface area (Å²) in [5.41, 5.74) is 8.31. The number of likely N-dealkylation sites (tertiary alicyclic amines) is 1. The number of aromatic nitrogens is 4. The molecular formula is C23H23F3N6O. The molecule has 4 aromatic rings. The van der Waals surface area contributed by atoms with Gasteiger partial charge in [0.25, 0.3) is 5.91 Å². The van der Waals surface area contributed by atoms with Gasteiger partial charge in [0, 0.05) is 43.3 Å². The Hall–Kier alpha value is -3.40. The third kappa shape index (κ3) is 3.95. The molecule has 1 fully saturated rings. The third-order valence-corrected chi connectivity index (χ3v) is 6.09. The van der Waals surface area contributed by atoms with Crippen molar-refractivity contribution in [2.75, 3.05) is 13.1 Å². The molecular weight excluding hydrogens is 433 g/mol. The van der Waals surface area contributed by atoms with Crippen LogP contribution in [0, 0.1) is 0 Å². The van der Waals surface area contributed by atoms with Gasteiger partial charge in [-0.05, 0) is 49.2 Å². The summed E-state index contributed by atoms with van der Waals surface area (Å²) >= 11 is 0. The maximum atomic E-state index is 13.4. The van der Waals surface area contributed by atoms with Crippen LogP contribution in [0.3, 0.4) is 0 Å². The molecule has 0 radical (unpaired) electrons. The average Bonchev–Trinajstić information content (AvgIpc) is 3.29. The zero-order valence-corrected chi connectivity index (χ0v) is 18.0. The number of fused-ring (bicyclic) bond motifs is 2. The molecule has 3 aromatic heterocycles. The molecule has 33 heavy (non-hydrogen) atoms. The van der Waals surface area contributed by atoms with Crippen molar-refractivity contribution in [1.82, 2.24) is 24.0 Å². The average molecular weight is 456 g/mol. The molecule has 7 nitrogen and oxygen atoms in total. The summed E-state index contributed by atoms with van der Waals surface area (Å²) in [6, 6.07) is 10.2. The molecule has 1 aliphatic heterocycles. The summed E-state index contributed by atoms with van der Waals surface area (Å²) in [6.45, 7) is -0.0114. The lowest BCUT2D eigenvalue weighted by Gasteiger charge is -2.30. The topological polar surface area (TPSA) is 82.0 Å². The van der Waals surface area contributed by atoms with Crippen LogP contribution < -0.4 is 5.73 Å². The highest BCUT2D eigenvalue weighted by atomic mass is 19.4. The quantitative estimate of drug-likeness (QED) is 0.510. The van der Waals surface area contributed by atoms with Crippen LogP contribution in [-0.2, 0) is 13.6 Å². The second kappa shape index (κ2) is 7.87. The number of benzene rings is 1. The van der Waals surface area contributed by atoms with Crippen molar-refractivity contribution in [3.63, 3.8) is 0 Å². The highest BCUT2D eigenvalue weighted by molar-refractivity contribution is 5.98. The number of hydrogen-bond donors (Lipinski definition) is 1. The molecule has 1 unspecified atom stereocenters. The molecule has 2 N–H and O–H groups in total. The Morgan fingerprint density at radius 1 is 1.24 bits per heavy atom. The van der Waals surface area contributed by atoms with E-state index in [9.17, 15) is 18.0 Å².